The summed E-state index contributed by atoms with van der Waals surface area (Å²) in [5.74, 6) is 0.342. The predicted molar refractivity (Wildman–Crippen MR) is 67.0 cm³/mol. The lowest BCUT2D eigenvalue weighted by Crippen LogP contribution is -2.14. The van der Waals surface area contributed by atoms with Gasteiger partial charge in [-0.15, -0.1) is 0 Å². The number of rotatable bonds is 4. The minimum Gasteiger partial charge on any atom is -0.327 e. The van der Waals surface area contributed by atoms with Gasteiger partial charge in [-0.2, -0.15) is 0 Å². The SMILES string of the molecule is CC(C)c1nccn1CC(=O)c1ccccc1F. The van der Waals surface area contributed by atoms with E-state index < -0.39 is 5.82 Å². The Labute approximate surface area is 105 Å². The van der Waals surface area contributed by atoms with Crippen LogP contribution < -0.4 is 0 Å². The molecule has 0 amide bonds. The van der Waals surface area contributed by atoms with Gasteiger partial charge in [-0.25, -0.2) is 9.37 Å². The van der Waals surface area contributed by atoms with E-state index in [1.54, 1.807) is 29.1 Å². The number of carbonyl (C=O) groups is 1. The van der Waals surface area contributed by atoms with Crippen LogP contribution in [0.1, 0.15) is 35.9 Å². The number of carbonyl (C=O) groups excluding carboxylic acids is 1. The number of Topliss-reactive ketones (excluding diaryl/α,β-unsaturated/α-hetero) is 1. The zero-order valence-electron chi connectivity index (χ0n) is 10.4. The first kappa shape index (κ1) is 12.5. The number of hydrogen-bond acceptors (Lipinski definition) is 2. The summed E-state index contributed by atoms with van der Waals surface area (Å²) in [7, 11) is 0. The molecule has 0 aliphatic heterocycles. The minimum atomic E-state index is -0.478. The molecular weight excluding hydrogens is 231 g/mol. The summed E-state index contributed by atoms with van der Waals surface area (Å²) in [6, 6.07) is 6.03. The zero-order chi connectivity index (χ0) is 13.1. The second kappa shape index (κ2) is 5.12. The van der Waals surface area contributed by atoms with Crippen LogP contribution in [-0.4, -0.2) is 15.3 Å². The number of ketones is 1. The topological polar surface area (TPSA) is 34.9 Å². The van der Waals surface area contributed by atoms with Crippen LogP contribution in [0.3, 0.4) is 0 Å². The summed E-state index contributed by atoms with van der Waals surface area (Å²) >= 11 is 0. The standard InChI is InChI=1S/C14H15FN2O/c1-10(2)14-16-7-8-17(14)9-13(18)11-5-3-4-6-12(11)15/h3-8,10H,9H2,1-2H3. The summed E-state index contributed by atoms with van der Waals surface area (Å²) < 4.78 is 15.2. The Morgan fingerprint density at radius 3 is 2.78 bits per heavy atom. The number of imidazole rings is 1. The van der Waals surface area contributed by atoms with E-state index in [0.29, 0.717) is 0 Å². The molecule has 0 aliphatic rings. The normalized spacial score (nSPS) is 10.9. The average Bonchev–Trinajstić information content (AvgIpc) is 2.77. The first-order valence-electron chi connectivity index (χ1n) is 5.88. The molecule has 1 aromatic heterocycles. The van der Waals surface area contributed by atoms with Crippen LogP contribution >= 0.6 is 0 Å². The maximum atomic E-state index is 13.5. The predicted octanol–water partition coefficient (Wildman–Crippen LogP) is 3.03. The van der Waals surface area contributed by atoms with E-state index in [-0.39, 0.29) is 23.8 Å². The molecule has 3 nitrogen and oxygen atoms in total. The van der Waals surface area contributed by atoms with Crippen LogP contribution in [0.5, 0.6) is 0 Å². The highest BCUT2D eigenvalue weighted by Gasteiger charge is 2.14. The third-order valence-electron chi connectivity index (χ3n) is 2.75. The second-order valence-electron chi connectivity index (χ2n) is 4.47. The molecule has 4 heteroatoms. The van der Waals surface area contributed by atoms with Crippen LogP contribution in [0.25, 0.3) is 0 Å². The number of halogens is 1. The van der Waals surface area contributed by atoms with Crippen molar-refractivity contribution in [2.75, 3.05) is 0 Å². The van der Waals surface area contributed by atoms with Gasteiger partial charge < -0.3 is 4.57 Å². The molecule has 0 N–H and O–H groups in total. The van der Waals surface area contributed by atoms with E-state index in [2.05, 4.69) is 4.98 Å². The van der Waals surface area contributed by atoms with Crippen LogP contribution in [0.15, 0.2) is 36.7 Å². The van der Waals surface area contributed by atoms with Gasteiger partial charge in [0.05, 0.1) is 12.1 Å². The molecule has 1 heterocycles. The van der Waals surface area contributed by atoms with Gasteiger partial charge in [0.25, 0.3) is 0 Å². The van der Waals surface area contributed by atoms with Crippen LogP contribution in [0.4, 0.5) is 4.39 Å². The van der Waals surface area contributed by atoms with E-state index in [1.165, 1.54) is 12.1 Å². The van der Waals surface area contributed by atoms with Gasteiger partial charge >= 0.3 is 0 Å². The Morgan fingerprint density at radius 2 is 2.11 bits per heavy atom. The lowest BCUT2D eigenvalue weighted by Gasteiger charge is -2.09. The average molecular weight is 246 g/mol. The van der Waals surface area contributed by atoms with E-state index in [1.807, 2.05) is 13.8 Å². The third kappa shape index (κ3) is 2.47. The molecule has 18 heavy (non-hydrogen) atoms. The molecule has 0 fully saturated rings. The first-order valence-corrected chi connectivity index (χ1v) is 5.88. The van der Waals surface area contributed by atoms with Gasteiger partial charge in [-0.05, 0) is 12.1 Å². The van der Waals surface area contributed by atoms with Crippen molar-refractivity contribution in [1.29, 1.82) is 0 Å². The molecule has 0 spiro atoms. The molecule has 0 atom stereocenters. The van der Waals surface area contributed by atoms with Gasteiger partial charge in [0.2, 0.25) is 0 Å². The highest BCUT2D eigenvalue weighted by atomic mass is 19.1. The lowest BCUT2D eigenvalue weighted by atomic mass is 10.1. The molecule has 0 bridgehead atoms. The first-order chi connectivity index (χ1) is 8.59. The van der Waals surface area contributed by atoms with Crippen LogP contribution in [-0.2, 0) is 6.54 Å². The Hall–Kier alpha value is -1.97. The van der Waals surface area contributed by atoms with E-state index in [4.69, 9.17) is 0 Å². The van der Waals surface area contributed by atoms with Gasteiger partial charge in [0.15, 0.2) is 5.78 Å². The number of benzene rings is 1. The van der Waals surface area contributed by atoms with Crippen LogP contribution in [0.2, 0.25) is 0 Å². The molecule has 0 unspecified atom stereocenters. The molecule has 0 saturated heterocycles. The van der Waals surface area contributed by atoms with Gasteiger partial charge in [-0.1, -0.05) is 26.0 Å². The molecule has 0 saturated carbocycles. The highest BCUT2D eigenvalue weighted by molar-refractivity contribution is 5.96. The summed E-state index contributed by atoms with van der Waals surface area (Å²) in [6.45, 7) is 4.13. The third-order valence-corrected chi connectivity index (χ3v) is 2.75. The van der Waals surface area contributed by atoms with Crippen molar-refractivity contribution in [2.24, 2.45) is 0 Å². The fourth-order valence-corrected chi connectivity index (χ4v) is 1.88. The van der Waals surface area contributed by atoms with Crippen LogP contribution in [0, 0.1) is 5.82 Å². The van der Waals surface area contributed by atoms with Crippen molar-refractivity contribution < 1.29 is 9.18 Å². The number of hydrogen-bond donors (Lipinski definition) is 0. The van der Waals surface area contributed by atoms with Crippen molar-refractivity contribution in [3.8, 4) is 0 Å². The summed E-state index contributed by atoms with van der Waals surface area (Å²) in [5.41, 5.74) is 0.126. The molecule has 1 aromatic carbocycles. The molecule has 2 rings (SSSR count). The van der Waals surface area contributed by atoms with Gasteiger partial charge in [0, 0.05) is 18.3 Å². The lowest BCUT2D eigenvalue weighted by molar-refractivity contribution is 0.0967. The van der Waals surface area contributed by atoms with E-state index in [9.17, 15) is 9.18 Å². The van der Waals surface area contributed by atoms with E-state index in [0.717, 1.165) is 5.82 Å². The van der Waals surface area contributed by atoms with Gasteiger partial charge in [-0.3, -0.25) is 4.79 Å². The fraction of sp³-hybridized carbons (Fsp3) is 0.286. The van der Waals surface area contributed by atoms with Crippen molar-refractivity contribution in [2.45, 2.75) is 26.3 Å². The van der Waals surface area contributed by atoms with Crippen molar-refractivity contribution in [3.63, 3.8) is 0 Å². The maximum Gasteiger partial charge on any atom is 0.185 e. The monoisotopic (exact) mass is 246 g/mol. The summed E-state index contributed by atoms with van der Waals surface area (Å²) in [4.78, 5) is 16.2. The smallest absolute Gasteiger partial charge is 0.185 e. The summed E-state index contributed by atoms with van der Waals surface area (Å²) in [5, 5.41) is 0. The Balaban J connectivity index is 2.22. The zero-order valence-corrected chi connectivity index (χ0v) is 10.4. The number of nitrogens with zero attached hydrogens (tertiary/aromatic N) is 2. The van der Waals surface area contributed by atoms with Crippen molar-refractivity contribution >= 4 is 5.78 Å². The van der Waals surface area contributed by atoms with E-state index >= 15 is 0 Å². The summed E-state index contributed by atoms with van der Waals surface area (Å²) in [6.07, 6.45) is 3.40. The molecule has 94 valence electrons. The quantitative estimate of drug-likeness (QED) is 0.777. The largest absolute Gasteiger partial charge is 0.327 e. The fourth-order valence-electron chi connectivity index (χ4n) is 1.88. The highest BCUT2D eigenvalue weighted by Crippen LogP contribution is 2.14. The Bertz CT molecular complexity index is 560. The number of aromatic nitrogens is 2. The minimum absolute atomic E-state index is 0.119. The molecule has 0 radical (unpaired) electrons. The Morgan fingerprint density at radius 1 is 1.39 bits per heavy atom. The van der Waals surface area contributed by atoms with Crippen molar-refractivity contribution in [3.05, 3.63) is 53.9 Å². The Kier molecular flexibility index (Phi) is 3.55. The van der Waals surface area contributed by atoms with Crippen molar-refractivity contribution in [1.82, 2.24) is 9.55 Å². The maximum absolute atomic E-state index is 13.5. The second-order valence-corrected chi connectivity index (χ2v) is 4.47. The van der Waals surface area contributed by atoms with Gasteiger partial charge in [0.1, 0.15) is 11.6 Å². The molecule has 0 aliphatic carbocycles. The molecular formula is C14H15FN2O. The molecule has 2 aromatic rings.